The highest BCUT2D eigenvalue weighted by Gasteiger charge is 2.18. The third-order valence-corrected chi connectivity index (χ3v) is 2.62. The molecule has 0 heterocycles. The topological polar surface area (TPSA) is 66.8 Å². The zero-order valence-corrected chi connectivity index (χ0v) is 10.4. The molecule has 0 aliphatic heterocycles. The van der Waals surface area contributed by atoms with Crippen LogP contribution in [0, 0.1) is 13.8 Å². The van der Waals surface area contributed by atoms with Gasteiger partial charge in [-0.05, 0) is 37.5 Å². The predicted octanol–water partition coefficient (Wildman–Crippen LogP) is 2.04. The summed E-state index contributed by atoms with van der Waals surface area (Å²) in [6, 6.07) is 3.58. The number of carboxylic acid groups (broad SMARTS) is 1. The summed E-state index contributed by atoms with van der Waals surface area (Å²) in [5.41, 5.74) is 2.36. The molecule has 0 aromatic heterocycles. The lowest BCUT2D eigenvalue weighted by molar-refractivity contribution is -0.149. The van der Waals surface area contributed by atoms with Crippen LogP contribution in [0.4, 0.5) is 0 Å². The lowest BCUT2D eigenvalue weighted by Gasteiger charge is -2.14. The van der Waals surface area contributed by atoms with E-state index < -0.39 is 12.1 Å². The number of phenolic OH excluding ortho intramolecular Hbond substituents is 1. The van der Waals surface area contributed by atoms with Gasteiger partial charge < -0.3 is 14.9 Å². The van der Waals surface area contributed by atoms with Crippen molar-refractivity contribution >= 4 is 5.97 Å². The third-order valence-electron chi connectivity index (χ3n) is 2.62. The van der Waals surface area contributed by atoms with E-state index in [4.69, 9.17) is 9.84 Å². The van der Waals surface area contributed by atoms with Crippen molar-refractivity contribution in [2.75, 3.05) is 6.61 Å². The molecule has 0 saturated carbocycles. The van der Waals surface area contributed by atoms with Gasteiger partial charge in [0.2, 0.25) is 0 Å². The van der Waals surface area contributed by atoms with Crippen LogP contribution in [0.3, 0.4) is 0 Å². The molecular weight excluding hydrogens is 220 g/mol. The van der Waals surface area contributed by atoms with Crippen LogP contribution in [0.25, 0.3) is 0 Å². The molecule has 0 radical (unpaired) electrons. The Morgan fingerprint density at radius 1 is 1.35 bits per heavy atom. The Balaban J connectivity index is 2.90. The highest BCUT2D eigenvalue weighted by Crippen LogP contribution is 2.23. The smallest absolute Gasteiger partial charge is 0.333 e. The van der Waals surface area contributed by atoms with Crippen molar-refractivity contribution in [3.63, 3.8) is 0 Å². The van der Waals surface area contributed by atoms with E-state index in [2.05, 4.69) is 0 Å². The second kappa shape index (κ2) is 5.68. The summed E-state index contributed by atoms with van der Waals surface area (Å²) < 4.78 is 5.16. The molecule has 1 unspecified atom stereocenters. The Morgan fingerprint density at radius 2 is 1.88 bits per heavy atom. The number of carbonyl (C=O) groups is 1. The first-order valence-corrected chi connectivity index (χ1v) is 5.59. The van der Waals surface area contributed by atoms with Gasteiger partial charge in [-0.2, -0.15) is 0 Å². The average Bonchev–Trinajstić information content (AvgIpc) is 2.25. The van der Waals surface area contributed by atoms with Gasteiger partial charge in [-0.25, -0.2) is 4.79 Å². The van der Waals surface area contributed by atoms with Gasteiger partial charge in [-0.3, -0.25) is 0 Å². The van der Waals surface area contributed by atoms with Crippen molar-refractivity contribution in [3.8, 4) is 5.75 Å². The van der Waals surface area contributed by atoms with Gasteiger partial charge in [0.05, 0.1) is 0 Å². The van der Waals surface area contributed by atoms with Gasteiger partial charge in [0.15, 0.2) is 6.10 Å². The normalized spacial score (nSPS) is 12.4. The summed E-state index contributed by atoms with van der Waals surface area (Å²) in [7, 11) is 0. The summed E-state index contributed by atoms with van der Waals surface area (Å²) in [5, 5.41) is 18.6. The highest BCUT2D eigenvalue weighted by atomic mass is 16.5. The minimum Gasteiger partial charge on any atom is -0.507 e. The highest BCUT2D eigenvalue weighted by molar-refractivity contribution is 5.72. The Morgan fingerprint density at radius 3 is 2.29 bits per heavy atom. The van der Waals surface area contributed by atoms with Gasteiger partial charge in [0.1, 0.15) is 5.75 Å². The molecule has 1 atom stereocenters. The van der Waals surface area contributed by atoms with E-state index in [0.29, 0.717) is 13.0 Å². The van der Waals surface area contributed by atoms with E-state index in [-0.39, 0.29) is 5.75 Å². The number of aryl methyl sites for hydroxylation is 2. The maximum absolute atomic E-state index is 11.0. The molecule has 94 valence electrons. The number of hydrogen-bond donors (Lipinski definition) is 2. The first kappa shape index (κ1) is 13.5. The number of aliphatic carboxylic acids is 1. The first-order chi connectivity index (χ1) is 7.95. The number of rotatable bonds is 5. The van der Waals surface area contributed by atoms with E-state index >= 15 is 0 Å². The van der Waals surface area contributed by atoms with Gasteiger partial charge in [-0.15, -0.1) is 0 Å². The molecule has 0 amide bonds. The molecule has 0 aliphatic rings. The fourth-order valence-electron chi connectivity index (χ4n) is 1.80. The zero-order chi connectivity index (χ0) is 13.0. The fourth-order valence-corrected chi connectivity index (χ4v) is 1.80. The lowest BCUT2D eigenvalue weighted by Crippen LogP contribution is -2.26. The molecule has 1 aromatic carbocycles. The largest absolute Gasteiger partial charge is 0.507 e. The van der Waals surface area contributed by atoms with Crippen molar-refractivity contribution in [3.05, 3.63) is 28.8 Å². The van der Waals surface area contributed by atoms with E-state index in [0.717, 1.165) is 16.7 Å². The van der Waals surface area contributed by atoms with Crippen LogP contribution in [0.1, 0.15) is 23.6 Å². The Kier molecular flexibility index (Phi) is 4.52. The van der Waals surface area contributed by atoms with Crippen LogP contribution in [0.5, 0.6) is 5.75 Å². The van der Waals surface area contributed by atoms with Gasteiger partial charge in [-0.1, -0.05) is 12.1 Å². The first-order valence-electron chi connectivity index (χ1n) is 5.59. The molecule has 1 aromatic rings. The summed E-state index contributed by atoms with van der Waals surface area (Å²) >= 11 is 0. The predicted molar refractivity (Wildman–Crippen MR) is 64.3 cm³/mol. The second-order valence-electron chi connectivity index (χ2n) is 4.06. The third kappa shape index (κ3) is 3.46. The van der Waals surface area contributed by atoms with Crippen LogP contribution in [-0.2, 0) is 16.0 Å². The molecule has 17 heavy (non-hydrogen) atoms. The summed E-state index contributed by atoms with van der Waals surface area (Å²) in [5.74, 6) is -0.702. The quantitative estimate of drug-likeness (QED) is 0.823. The maximum Gasteiger partial charge on any atom is 0.333 e. The Bertz CT molecular complexity index is 389. The molecule has 0 saturated heterocycles. The monoisotopic (exact) mass is 238 g/mol. The van der Waals surface area contributed by atoms with Crippen molar-refractivity contribution in [1.82, 2.24) is 0 Å². The molecule has 0 fully saturated rings. The Labute approximate surface area is 101 Å². The molecule has 4 nitrogen and oxygen atoms in total. The number of benzene rings is 1. The van der Waals surface area contributed by atoms with Crippen LogP contribution in [-0.4, -0.2) is 28.9 Å². The average molecular weight is 238 g/mol. The number of aromatic hydroxyl groups is 1. The zero-order valence-electron chi connectivity index (χ0n) is 10.4. The van der Waals surface area contributed by atoms with Gasteiger partial charge in [0.25, 0.3) is 0 Å². The summed E-state index contributed by atoms with van der Waals surface area (Å²) in [6.07, 6.45) is -0.520. The standard InChI is InChI=1S/C13H18O4/c1-4-17-11(13(15)16)7-10-5-8(2)12(14)9(3)6-10/h5-6,11,14H,4,7H2,1-3H3,(H,15,16). The van der Waals surface area contributed by atoms with Crippen molar-refractivity contribution in [2.24, 2.45) is 0 Å². The molecule has 2 N–H and O–H groups in total. The molecule has 4 heteroatoms. The van der Waals surface area contributed by atoms with E-state index in [1.165, 1.54) is 0 Å². The lowest BCUT2D eigenvalue weighted by atomic mass is 10.0. The van der Waals surface area contributed by atoms with Crippen molar-refractivity contribution < 1.29 is 19.7 Å². The number of hydrogen-bond acceptors (Lipinski definition) is 3. The SMILES string of the molecule is CCOC(Cc1cc(C)c(O)c(C)c1)C(=O)O. The summed E-state index contributed by atoms with van der Waals surface area (Å²) in [4.78, 5) is 11.0. The number of ether oxygens (including phenoxy) is 1. The van der Waals surface area contributed by atoms with Crippen LogP contribution in [0.2, 0.25) is 0 Å². The second-order valence-corrected chi connectivity index (χ2v) is 4.06. The van der Waals surface area contributed by atoms with Gasteiger partial charge >= 0.3 is 5.97 Å². The maximum atomic E-state index is 11.0. The van der Waals surface area contributed by atoms with Crippen LogP contribution < -0.4 is 0 Å². The fraction of sp³-hybridized carbons (Fsp3) is 0.462. The molecular formula is C13H18O4. The van der Waals surface area contributed by atoms with E-state index in [1.54, 1.807) is 32.9 Å². The number of phenols is 1. The number of carboxylic acids is 1. The van der Waals surface area contributed by atoms with Crippen molar-refractivity contribution in [2.45, 2.75) is 33.3 Å². The van der Waals surface area contributed by atoms with E-state index in [9.17, 15) is 9.90 Å². The molecule has 0 spiro atoms. The summed E-state index contributed by atoms with van der Waals surface area (Å²) in [6.45, 7) is 5.72. The molecule has 1 rings (SSSR count). The molecule has 0 aliphatic carbocycles. The van der Waals surface area contributed by atoms with E-state index in [1.807, 2.05) is 0 Å². The van der Waals surface area contributed by atoms with Crippen LogP contribution in [0.15, 0.2) is 12.1 Å². The van der Waals surface area contributed by atoms with Crippen LogP contribution >= 0.6 is 0 Å². The minimum atomic E-state index is -0.963. The molecule has 0 bridgehead atoms. The Hall–Kier alpha value is -1.55. The van der Waals surface area contributed by atoms with Crippen molar-refractivity contribution in [1.29, 1.82) is 0 Å². The minimum absolute atomic E-state index is 0.261. The van der Waals surface area contributed by atoms with Gasteiger partial charge in [0, 0.05) is 13.0 Å².